The number of aromatic nitrogens is 2. The zero-order chi connectivity index (χ0) is 13.8. The Kier molecular flexibility index (Phi) is 3.81. The van der Waals surface area contributed by atoms with Gasteiger partial charge in [0.2, 0.25) is 0 Å². The molecular weight excluding hydrogens is 250 g/mol. The van der Waals surface area contributed by atoms with Crippen LogP contribution in [-0.2, 0) is 6.54 Å². The Morgan fingerprint density at radius 2 is 2.15 bits per heavy atom. The SMILES string of the molecule is COc1cccc(CNc2cc(C3CCC3)ncn2)c1. The normalized spacial score (nSPS) is 14.7. The molecule has 4 heteroatoms. The molecule has 20 heavy (non-hydrogen) atoms. The predicted molar refractivity (Wildman–Crippen MR) is 78.9 cm³/mol. The highest BCUT2D eigenvalue weighted by Crippen LogP contribution is 2.35. The molecule has 4 nitrogen and oxygen atoms in total. The van der Waals surface area contributed by atoms with E-state index in [1.54, 1.807) is 13.4 Å². The summed E-state index contributed by atoms with van der Waals surface area (Å²) in [5.74, 6) is 2.40. The Morgan fingerprint density at radius 1 is 1.25 bits per heavy atom. The number of nitrogens with zero attached hydrogens (tertiary/aromatic N) is 2. The van der Waals surface area contributed by atoms with Crippen LogP contribution in [0.4, 0.5) is 5.82 Å². The molecule has 1 aromatic carbocycles. The van der Waals surface area contributed by atoms with Crippen LogP contribution in [0.1, 0.15) is 36.4 Å². The molecule has 2 aromatic rings. The van der Waals surface area contributed by atoms with Crippen LogP contribution in [-0.4, -0.2) is 17.1 Å². The first-order chi connectivity index (χ1) is 9.85. The second-order valence-electron chi connectivity index (χ2n) is 5.16. The van der Waals surface area contributed by atoms with Crippen molar-refractivity contribution < 1.29 is 4.74 Å². The summed E-state index contributed by atoms with van der Waals surface area (Å²) < 4.78 is 5.23. The van der Waals surface area contributed by atoms with Gasteiger partial charge in [-0.3, -0.25) is 0 Å². The molecule has 0 unspecified atom stereocenters. The van der Waals surface area contributed by atoms with E-state index in [0.29, 0.717) is 5.92 Å². The van der Waals surface area contributed by atoms with Crippen molar-refractivity contribution in [2.75, 3.05) is 12.4 Å². The molecule has 0 spiro atoms. The lowest BCUT2D eigenvalue weighted by atomic mass is 9.83. The monoisotopic (exact) mass is 269 g/mol. The maximum Gasteiger partial charge on any atom is 0.129 e. The quantitative estimate of drug-likeness (QED) is 0.904. The van der Waals surface area contributed by atoms with Gasteiger partial charge in [0.05, 0.1) is 7.11 Å². The third kappa shape index (κ3) is 2.90. The first-order valence-corrected chi connectivity index (χ1v) is 7.04. The van der Waals surface area contributed by atoms with Crippen molar-refractivity contribution in [2.45, 2.75) is 31.7 Å². The zero-order valence-electron chi connectivity index (χ0n) is 11.7. The summed E-state index contributed by atoms with van der Waals surface area (Å²) in [7, 11) is 1.68. The van der Waals surface area contributed by atoms with Crippen LogP contribution < -0.4 is 10.1 Å². The molecule has 0 bridgehead atoms. The van der Waals surface area contributed by atoms with Crippen LogP contribution >= 0.6 is 0 Å². The lowest BCUT2D eigenvalue weighted by Crippen LogP contribution is -2.11. The first kappa shape index (κ1) is 12.9. The minimum atomic E-state index is 0.635. The Hall–Kier alpha value is -2.10. The fourth-order valence-corrected chi connectivity index (χ4v) is 2.37. The fraction of sp³-hybridized carbons (Fsp3) is 0.375. The van der Waals surface area contributed by atoms with Gasteiger partial charge < -0.3 is 10.1 Å². The molecule has 1 N–H and O–H groups in total. The number of rotatable bonds is 5. The molecule has 1 heterocycles. The zero-order valence-corrected chi connectivity index (χ0v) is 11.7. The van der Waals surface area contributed by atoms with Gasteiger partial charge in [0.15, 0.2) is 0 Å². The molecule has 0 saturated heterocycles. The van der Waals surface area contributed by atoms with E-state index in [4.69, 9.17) is 4.74 Å². The maximum atomic E-state index is 5.23. The summed E-state index contributed by atoms with van der Waals surface area (Å²) in [4.78, 5) is 8.66. The molecule has 3 rings (SSSR count). The van der Waals surface area contributed by atoms with E-state index in [2.05, 4.69) is 27.4 Å². The topological polar surface area (TPSA) is 47.0 Å². The highest BCUT2D eigenvalue weighted by molar-refractivity contribution is 5.38. The van der Waals surface area contributed by atoms with Crippen LogP contribution in [0.15, 0.2) is 36.7 Å². The van der Waals surface area contributed by atoms with E-state index in [0.717, 1.165) is 18.1 Å². The van der Waals surface area contributed by atoms with Gasteiger partial charge in [-0.25, -0.2) is 9.97 Å². The summed E-state index contributed by atoms with van der Waals surface area (Å²) in [5.41, 5.74) is 2.34. The molecular formula is C16H19N3O. The number of nitrogens with one attached hydrogen (secondary N) is 1. The average molecular weight is 269 g/mol. The van der Waals surface area contributed by atoms with Crippen molar-refractivity contribution in [3.63, 3.8) is 0 Å². The summed E-state index contributed by atoms with van der Waals surface area (Å²) >= 11 is 0. The highest BCUT2D eigenvalue weighted by atomic mass is 16.5. The highest BCUT2D eigenvalue weighted by Gasteiger charge is 2.20. The standard InChI is InChI=1S/C16H19N3O/c1-20-14-7-2-4-12(8-14)10-17-16-9-15(18-11-19-16)13-5-3-6-13/h2,4,7-9,11,13H,3,5-6,10H2,1H3,(H,17,18,19). The molecule has 0 radical (unpaired) electrons. The Morgan fingerprint density at radius 3 is 2.90 bits per heavy atom. The number of hydrogen-bond acceptors (Lipinski definition) is 4. The van der Waals surface area contributed by atoms with Crippen molar-refractivity contribution in [2.24, 2.45) is 0 Å². The lowest BCUT2D eigenvalue weighted by Gasteiger charge is -2.24. The number of benzene rings is 1. The van der Waals surface area contributed by atoms with E-state index in [1.807, 2.05) is 18.2 Å². The van der Waals surface area contributed by atoms with Crippen LogP contribution in [0, 0.1) is 0 Å². The van der Waals surface area contributed by atoms with E-state index < -0.39 is 0 Å². The summed E-state index contributed by atoms with van der Waals surface area (Å²) in [6, 6.07) is 10.1. The smallest absolute Gasteiger partial charge is 0.129 e. The predicted octanol–water partition coefficient (Wildman–Crippen LogP) is 3.36. The molecule has 0 atom stereocenters. The van der Waals surface area contributed by atoms with Gasteiger partial charge in [-0.1, -0.05) is 18.6 Å². The van der Waals surface area contributed by atoms with E-state index >= 15 is 0 Å². The largest absolute Gasteiger partial charge is 0.497 e. The van der Waals surface area contributed by atoms with Crippen molar-refractivity contribution in [1.29, 1.82) is 0 Å². The number of ether oxygens (including phenoxy) is 1. The van der Waals surface area contributed by atoms with Crippen molar-refractivity contribution in [3.05, 3.63) is 47.9 Å². The van der Waals surface area contributed by atoms with Crippen LogP contribution in [0.25, 0.3) is 0 Å². The Bertz CT molecular complexity index is 581. The minimum absolute atomic E-state index is 0.635. The summed E-state index contributed by atoms with van der Waals surface area (Å²) in [6.07, 6.45) is 5.49. The minimum Gasteiger partial charge on any atom is -0.497 e. The number of methoxy groups -OCH3 is 1. The third-order valence-corrected chi connectivity index (χ3v) is 3.82. The second kappa shape index (κ2) is 5.90. The van der Waals surface area contributed by atoms with Gasteiger partial charge in [-0.15, -0.1) is 0 Å². The maximum absolute atomic E-state index is 5.23. The molecule has 104 valence electrons. The summed E-state index contributed by atoms with van der Waals surface area (Å²) in [6.45, 7) is 0.734. The molecule has 1 aliphatic rings. The molecule has 1 fully saturated rings. The van der Waals surface area contributed by atoms with Crippen molar-refractivity contribution in [3.8, 4) is 5.75 Å². The van der Waals surface area contributed by atoms with Crippen LogP contribution in [0.3, 0.4) is 0 Å². The lowest BCUT2D eigenvalue weighted by molar-refractivity contribution is 0.410. The molecule has 1 aliphatic carbocycles. The van der Waals surface area contributed by atoms with E-state index in [-0.39, 0.29) is 0 Å². The fourth-order valence-electron chi connectivity index (χ4n) is 2.37. The Balaban J connectivity index is 1.65. The molecule has 0 amide bonds. The van der Waals surface area contributed by atoms with Gasteiger partial charge in [-0.2, -0.15) is 0 Å². The van der Waals surface area contributed by atoms with E-state index in [1.165, 1.54) is 30.5 Å². The van der Waals surface area contributed by atoms with Crippen LogP contribution in [0.2, 0.25) is 0 Å². The first-order valence-electron chi connectivity index (χ1n) is 7.04. The summed E-state index contributed by atoms with van der Waals surface area (Å²) in [5, 5.41) is 3.35. The Labute approximate surface area is 119 Å². The van der Waals surface area contributed by atoms with Crippen LogP contribution in [0.5, 0.6) is 5.75 Å². The van der Waals surface area contributed by atoms with Gasteiger partial charge in [0.1, 0.15) is 17.9 Å². The molecule has 1 saturated carbocycles. The third-order valence-electron chi connectivity index (χ3n) is 3.82. The van der Waals surface area contributed by atoms with Gasteiger partial charge >= 0.3 is 0 Å². The molecule has 0 aliphatic heterocycles. The number of hydrogen-bond donors (Lipinski definition) is 1. The molecule has 1 aromatic heterocycles. The number of anilines is 1. The second-order valence-corrected chi connectivity index (χ2v) is 5.16. The van der Waals surface area contributed by atoms with Crippen molar-refractivity contribution in [1.82, 2.24) is 9.97 Å². The van der Waals surface area contributed by atoms with Gasteiger partial charge in [0, 0.05) is 24.2 Å². The van der Waals surface area contributed by atoms with Crippen molar-refractivity contribution >= 4 is 5.82 Å². The van der Waals surface area contributed by atoms with Gasteiger partial charge in [-0.05, 0) is 30.5 Å². The van der Waals surface area contributed by atoms with Gasteiger partial charge in [0.25, 0.3) is 0 Å². The van der Waals surface area contributed by atoms with E-state index in [9.17, 15) is 0 Å². The average Bonchev–Trinajstić information content (AvgIpc) is 2.44.